The van der Waals surface area contributed by atoms with Gasteiger partial charge in [0.2, 0.25) is 0 Å². The summed E-state index contributed by atoms with van der Waals surface area (Å²) in [5.74, 6) is 0. The van der Waals surface area contributed by atoms with E-state index in [-0.39, 0.29) is 13.2 Å². The van der Waals surface area contributed by atoms with E-state index in [0.29, 0.717) is 12.8 Å². The second kappa shape index (κ2) is 11.4. The van der Waals surface area contributed by atoms with Crippen molar-refractivity contribution >= 4 is 30.1 Å². The van der Waals surface area contributed by atoms with Crippen LogP contribution < -0.4 is 0 Å². The van der Waals surface area contributed by atoms with Crippen LogP contribution in [0.3, 0.4) is 0 Å². The molecule has 5 rings (SSSR count). The summed E-state index contributed by atoms with van der Waals surface area (Å²) in [6.07, 6.45) is 1.03. The van der Waals surface area contributed by atoms with Crippen molar-refractivity contribution in [2.45, 2.75) is 12.8 Å². The van der Waals surface area contributed by atoms with Gasteiger partial charge in [-0.2, -0.15) is 0 Å². The summed E-state index contributed by atoms with van der Waals surface area (Å²) < 4.78 is 15.6. The zero-order chi connectivity index (χ0) is 26.5. The SMILES string of the molecule is O=P(O)(O)OCCc1ccc(C2=C(c3ccccc3)C(c3ccc(CCO)cc3)=C2c2ccccc2)cc1. The lowest BCUT2D eigenvalue weighted by molar-refractivity contribution is 0.199. The van der Waals surface area contributed by atoms with Gasteiger partial charge in [-0.15, -0.1) is 0 Å². The average molecular weight is 525 g/mol. The minimum Gasteiger partial charge on any atom is -0.396 e. The summed E-state index contributed by atoms with van der Waals surface area (Å²) in [6, 6.07) is 37.3. The molecule has 3 N–H and O–H groups in total. The van der Waals surface area contributed by atoms with Crippen molar-refractivity contribution in [2.24, 2.45) is 0 Å². The van der Waals surface area contributed by atoms with Crippen molar-refractivity contribution in [3.63, 3.8) is 0 Å². The fraction of sp³-hybridized carbons (Fsp3) is 0.125. The lowest BCUT2D eigenvalue weighted by atomic mass is 9.69. The number of phosphoric acid groups is 1. The normalized spacial score (nSPS) is 13.6. The van der Waals surface area contributed by atoms with Crippen LogP contribution in [0.2, 0.25) is 0 Å². The van der Waals surface area contributed by atoms with Crippen molar-refractivity contribution in [3.05, 3.63) is 143 Å². The van der Waals surface area contributed by atoms with E-state index in [2.05, 4.69) is 65.2 Å². The molecule has 0 aliphatic heterocycles. The Morgan fingerprint density at radius 2 is 0.895 bits per heavy atom. The number of aliphatic hydroxyl groups is 1. The van der Waals surface area contributed by atoms with Gasteiger partial charge in [0.15, 0.2) is 0 Å². The predicted molar refractivity (Wildman–Crippen MR) is 152 cm³/mol. The van der Waals surface area contributed by atoms with E-state index in [4.69, 9.17) is 9.79 Å². The van der Waals surface area contributed by atoms with Crippen LogP contribution in [-0.2, 0) is 21.9 Å². The van der Waals surface area contributed by atoms with Crippen molar-refractivity contribution < 1.29 is 24.0 Å². The molecule has 0 bridgehead atoms. The van der Waals surface area contributed by atoms with Gasteiger partial charge < -0.3 is 14.9 Å². The van der Waals surface area contributed by atoms with Crippen LogP contribution in [0.5, 0.6) is 0 Å². The fourth-order valence-corrected chi connectivity index (χ4v) is 5.22. The van der Waals surface area contributed by atoms with Crippen molar-refractivity contribution in [3.8, 4) is 0 Å². The molecule has 0 saturated carbocycles. The average Bonchev–Trinajstić information content (AvgIpc) is 2.91. The van der Waals surface area contributed by atoms with Gasteiger partial charge >= 0.3 is 7.82 Å². The number of aliphatic hydroxyl groups excluding tert-OH is 1. The molecule has 1 aliphatic rings. The monoisotopic (exact) mass is 524 g/mol. The third kappa shape index (κ3) is 5.78. The molecule has 4 aromatic carbocycles. The highest BCUT2D eigenvalue weighted by atomic mass is 31.2. The maximum Gasteiger partial charge on any atom is 0.469 e. The Hall–Kier alpha value is -3.57. The number of allylic oxidation sites excluding steroid dienone is 4. The molecule has 0 aromatic heterocycles. The van der Waals surface area contributed by atoms with E-state index in [1.165, 1.54) is 16.7 Å². The molecule has 0 amide bonds. The Kier molecular flexibility index (Phi) is 7.85. The fourth-order valence-electron chi connectivity index (χ4n) is 4.89. The number of hydrogen-bond acceptors (Lipinski definition) is 3. The molecule has 0 unspecified atom stereocenters. The van der Waals surface area contributed by atoms with Crippen LogP contribution in [-0.4, -0.2) is 28.1 Å². The first-order chi connectivity index (χ1) is 18.4. The Balaban J connectivity index is 1.59. The first-order valence-corrected chi connectivity index (χ1v) is 14.1. The lowest BCUT2D eigenvalue weighted by Gasteiger charge is -2.33. The van der Waals surface area contributed by atoms with Crippen molar-refractivity contribution in [2.75, 3.05) is 13.2 Å². The van der Waals surface area contributed by atoms with E-state index >= 15 is 0 Å². The molecule has 38 heavy (non-hydrogen) atoms. The van der Waals surface area contributed by atoms with Gasteiger partial charge in [0.05, 0.1) is 6.61 Å². The summed E-state index contributed by atoms with van der Waals surface area (Å²) >= 11 is 0. The van der Waals surface area contributed by atoms with Crippen LogP contribution in [0.15, 0.2) is 109 Å². The summed E-state index contributed by atoms with van der Waals surface area (Å²) in [5.41, 5.74) is 11.2. The lowest BCUT2D eigenvalue weighted by Crippen LogP contribution is -2.10. The van der Waals surface area contributed by atoms with E-state index in [1.54, 1.807) is 0 Å². The van der Waals surface area contributed by atoms with Gasteiger partial charge in [0, 0.05) is 6.61 Å². The highest BCUT2D eigenvalue weighted by molar-refractivity contribution is 7.46. The number of benzene rings is 4. The molecule has 4 aromatic rings. The smallest absolute Gasteiger partial charge is 0.396 e. The molecule has 0 radical (unpaired) electrons. The van der Waals surface area contributed by atoms with E-state index in [0.717, 1.165) is 39.0 Å². The highest BCUT2D eigenvalue weighted by Crippen LogP contribution is 2.56. The third-order valence-corrected chi connectivity index (χ3v) is 7.18. The van der Waals surface area contributed by atoms with Crippen LogP contribution in [0.25, 0.3) is 22.3 Å². The summed E-state index contributed by atoms with van der Waals surface area (Å²) in [5, 5.41) is 9.34. The standard InChI is InChI=1S/C32H29O5P/c33-21-19-23-11-15-27(16-12-23)31-29(25-7-3-1-4-8-25)32(30(31)26-9-5-2-6-10-26)28-17-13-24(14-18-28)20-22-37-38(34,35)36/h1-18,33H,19-22H2,(H2,34,35,36). The second-order valence-corrected chi connectivity index (χ2v) is 10.4. The molecule has 0 atom stereocenters. The zero-order valence-electron chi connectivity index (χ0n) is 20.8. The third-order valence-electron chi connectivity index (χ3n) is 6.66. The van der Waals surface area contributed by atoms with E-state index in [1.807, 2.05) is 48.5 Å². The Bertz CT molecular complexity index is 1500. The van der Waals surface area contributed by atoms with Gasteiger partial charge in [-0.3, -0.25) is 4.52 Å². The Morgan fingerprint density at radius 1 is 0.526 bits per heavy atom. The summed E-state index contributed by atoms with van der Waals surface area (Å²) in [6.45, 7) is 0.0746. The Morgan fingerprint density at radius 3 is 1.26 bits per heavy atom. The van der Waals surface area contributed by atoms with Gasteiger partial charge in [-0.05, 0) is 68.5 Å². The molecule has 6 heteroatoms. The van der Waals surface area contributed by atoms with E-state index < -0.39 is 7.82 Å². The molecule has 1 aliphatic carbocycles. The van der Waals surface area contributed by atoms with Gasteiger partial charge in [-0.25, -0.2) is 4.57 Å². The van der Waals surface area contributed by atoms with Crippen molar-refractivity contribution in [1.29, 1.82) is 0 Å². The van der Waals surface area contributed by atoms with Crippen molar-refractivity contribution in [1.82, 2.24) is 0 Å². The van der Waals surface area contributed by atoms with Crippen LogP contribution in [0.4, 0.5) is 0 Å². The van der Waals surface area contributed by atoms with Gasteiger partial charge in [0.1, 0.15) is 0 Å². The largest absolute Gasteiger partial charge is 0.469 e. The molecular formula is C32H29O5P. The first kappa shape index (κ1) is 26.1. The molecule has 5 nitrogen and oxygen atoms in total. The topological polar surface area (TPSA) is 87.0 Å². The number of phosphoric ester groups is 1. The first-order valence-electron chi connectivity index (χ1n) is 12.5. The van der Waals surface area contributed by atoms with Gasteiger partial charge in [-0.1, -0.05) is 109 Å². The summed E-state index contributed by atoms with van der Waals surface area (Å²) in [7, 11) is -4.48. The minimum absolute atomic E-state index is 0.0484. The molecule has 0 saturated heterocycles. The molecule has 0 spiro atoms. The molecule has 0 heterocycles. The number of rotatable bonds is 10. The zero-order valence-corrected chi connectivity index (χ0v) is 21.7. The quantitative estimate of drug-likeness (QED) is 0.209. The maximum atomic E-state index is 11.0. The second-order valence-electron chi connectivity index (χ2n) is 9.17. The number of hydrogen-bond donors (Lipinski definition) is 3. The molecular weight excluding hydrogens is 495 g/mol. The Labute approximate surface area is 222 Å². The molecule has 192 valence electrons. The molecule has 0 fully saturated rings. The van der Waals surface area contributed by atoms with Crippen LogP contribution >= 0.6 is 7.82 Å². The van der Waals surface area contributed by atoms with Crippen LogP contribution in [0.1, 0.15) is 33.4 Å². The van der Waals surface area contributed by atoms with Crippen LogP contribution in [0, 0.1) is 0 Å². The predicted octanol–water partition coefficient (Wildman–Crippen LogP) is 6.41. The minimum atomic E-state index is -4.48. The van der Waals surface area contributed by atoms with Gasteiger partial charge in [0.25, 0.3) is 0 Å². The highest BCUT2D eigenvalue weighted by Gasteiger charge is 2.32. The maximum absolute atomic E-state index is 11.0. The summed E-state index contributed by atoms with van der Waals surface area (Å²) in [4.78, 5) is 17.9. The van der Waals surface area contributed by atoms with E-state index in [9.17, 15) is 9.67 Å².